The molecular formula is C15H19NO2. The number of benzene rings is 1. The molecule has 2 aliphatic rings. The van der Waals surface area contributed by atoms with E-state index in [2.05, 4.69) is 19.1 Å². The second-order valence-electron chi connectivity index (χ2n) is 5.27. The maximum Gasteiger partial charge on any atom is 0.411 e. The summed E-state index contributed by atoms with van der Waals surface area (Å²) in [6.07, 6.45) is 4.47. The first-order chi connectivity index (χ1) is 8.77. The largest absolute Gasteiger partial charge is 0.444 e. The molecule has 1 amide bonds. The van der Waals surface area contributed by atoms with E-state index in [0.29, 0.717) is 0 Å². The molecule has 18 heavy (non-hydrogen) atoms. The summed E-state index contributed by atoms with van der Waals surface area (Å²) in [4.78, 5) is 14.0. The SMILES string of the molecule is C[C@@H](c1ccccc1)N1C(=O)O[C@@H]2CCCC[C@H]21. The monoisotopic (exact) mass is 245 g/mol. The van der Waals surface area contributed by atoms with E-state index in [-0.39, 0.29) is 24.3 Å². The molecule has 0 bridgehead atoms. The van der Waals surface area contributed by atoms with Crippen molar-refractivity contribution in [1.82, 2.24) is 4.90 Å². The van der Waals surface area contributed by atoms with Crippen LogP contribution in [0.3, 0.4) is 0 Å². The number of ether oxygens (including phenoxy) is 1. The van der Waals surface area contributed by atoms with Gasteiger partial charge in [0.1, 0.15) is 6.10 Å². The first kappa shape index (κ1) is 11.6. The van der Waals surface area contributed by atoms with E-state index in [1.165, 1.54) is 18.4 Å². The van der Waals surface area contributed by atoms with Gasteiger partial charge in [-0.15, -0.1) is 0 Å². The van der Waals surface area contributed by atoms with Crippen molar-refractivity contribution in [3.8, 4) is 0 Å². The molecule has 0 radical (unpaired) electrons. The Labute approximate surface area is 108 Å². The summed E-state index contributed by atoms with van der Waals surface area (Å²) in [6, 6.07) is 10.6. The summed E-state index contributed by atoms with van der Waals surface area (Å²) < 4.78 is 5.51. The van der Waals surface area contributed by atoms with Crippen molar-refractivity contribution < 1.29 is 9.53 Å². The highest BCUT2D eigenvalue weighted by Gasteiger charge is 2.44. The molecule has 1 saturated carbocycles. The number of rotatable bonds is 2. The Balaban J connectivity index is 1.84. The van der Waals surface area contributed by atoms with Crippen molar-refractivity contribution in [2.45, 2.75) is 50.8 Å². The van der Waals surface area contributed by atoms with Crippen LogP contribution in [0.15, 0.2) is 30.3 Å². The van der Waals surface area contributed by atoms with Gasteiger partial charge in [-0.1, -0.05) is 36.8 Å². The van der Waals surface area contributed by atoms with Crippen LogP contribution in [0.2, 0.25) is 0 Å². The average molecular weight is 245 g/mol. The summed E-state index contributed by atoms with van der Waals surface area (Å²) >= 11 is 0. The van der Waals surface area contributed by atoms with Gasteiger partial charge in [-0.3, -0.25) is 4.90 Å². The van der Waals surface area contributed by atoms with E-state index in [1.807, 2.05) is 23.1 Å². The first-order valence-corrected chi connectivity index (χ1v) is 6.81. The van der Waals surface area contributed by atoms with Crippen LogP contribution >= 0.6 is 0 Å². The van der Waals surface area contributed by atoms with E-state index in [4.69, 9.17) is 4.74 Å². The Bertz CT molecular complexity index is 431. The lowest BCUT2D eigenvalue weighted by molar-refractivity contribution is 0.113. The molecule has 2 fully saturated rings. The number of amides is 1. The molecule has 96 valence electrons. The highest BCUT2D eigenvalue weighted by Crippen LogP contribution is 2.37. The van der Waals surface area contributed by atoms with Gasteiger partial charge in [0, 0.05) is 0 Å². The van der Waals surface area contributed by atoms with Crippen molar-refractivity contribution in [1.29, 1.82) is 0 Å². The topological polar surface area (TPSA) is 29.5 Å². The van der Waals surface area contributed by atoms with Crippen LogP contribution in [-0.2, 0) is 4.74 Å². The van der Waals surface area contributed by atoms with Gasteiger partial charge >= 0.3 is 6.09 Å². The Morgan fingerprint density at radius 2 is 1.94 bits per heavy atom. The van der Waals surface area contributed by atoms with Gasteiger partial charge < -0.3 is 4.74 Å². The number of hydrogen-bond donors (Lipinski definition) is 0. The first-order valence-electron chi connectivity index (χ1n) is 6.81. The van der Waals surface area contributed by atoms with Gasteiger partial charge in [-0.05, 0) is 31.7 Å². The average Bonchev–Trinajstić information content (AvgIpc) is 2.75. The zero-order valence-corrected chi connectivity index (χ0v) is 10.7. The van der Waals surface area contributed by atoms with Crippen molar-refractivity contribution in [3.05, 3.63) is 35.9 Å². The summed E-state index contributed by atoms with van der Waals surface area (Å²) in [5.74, 6) is 0. The predicted octanol–water partition coefficient (Wildman–Crippen LogP) is 3.51. The molecule has 1 aromatic carbocycles. The van der Waals surface area contributed by atoms with E-state index < -0.39 is 0 Å². The summed E-state index contributed by atoms with van der Waals surface area (Å²) in [5.41, 5.74) is 1.18. The minimum atomic E-state index is -0.136. The predicted molar refractivity (Wildman–Crippen MR) is 69.2 cm³/mol. The van der Waals surface area contributed by atoms with Crippen molar-refractivity contribution in [2.75, 3.05) is 0 Å². The summed E-state index contributed by atoms with van der Waals surface area (Å²) in [5, 5.41) is 0. The molecule has 1 aliphatic heterocycles. The van der Waals surface area contributed by atoms with Gasteiger partial charge in [0.2, 0.25) is 0 Å². The fourth-order valence-corrected chi connectivity index (χ4v) is 3.20. The third-order valence-corrected chi connectivity index (χ3v) is 4.19. The Morgan fingerprint density at radius 3 is 2.72 bits per heavy atom. The Kier molecular flexibility index (Phi) is 2.98. The van der Waals surface area contributed by atoms with Crippen LogP contribution in [0.25, 0.3) is 0 Å². The molecular weight excluding hydrogens is 226 g/mol. The number of nitrogens with zero attached hydrogens (tertiary/aromatic N) is 1. The molecule has 1 heterocycles. The summed E-state index contributed by atoms with van der Waals surface area (Å²) in [6.45, 7) is 2.09. The third kappa shape index (κ3) is 1.88. The molecule has 3 rings (SSSR count). The minimum Gasteiger partial charge on any atom is -0.444 e. The van der Waals surface area contributed by atoms with Crippen LogP contribution in [0.4, 0.5) is 4.79 Å². The van der Waals surface area contributed by atoms with Crippen molar-refractivity contribution in [3.63, 3.8) is 0 Å². The minimum absolute atomic E-state index is 0.104. The van der Waals surface area contributed by atoms with Crippen LogP contribution in [0.5, 0.6) is 0 Å². The lowest BCUT2D eigenvalue weighted by Crippen LogP contribution is -2.40. The molecule has 0 spiro atoms. The van der Waals surface area contributed by atoms with Crippen LogP contribution in [0, 0.1) is 0 Å². The molecule has 1 aromatic rings. The van der Waals surface area contributed by atoms with Crippen LogP contribution in [0.1, 0.15) is 44.2 Å². The van der Waals surface area contributed by atoms with Crippen molar-refractivity contribution in [2.24, 2.45) is 0 Å². The van der Waals surface area contributed by atoms with E-state index in [1.54, 1.807) is 0 Å². The second kappa shape index (κ2) is 4.63. The van der Waals surface area contributed by atoms with Gasteiger partial charge in [0.25, 0.3) is 0 Å². The maximum absolute atomic E-state index is 12.1. The normalized spacial score (nSPS) is 28.7. The molecule has 3 nitrogen and oxygen atoms in total. The molecule has 1 saturated heterocycles. The lowest BCUT2D eigenvalue weighted by Gasteiger charge is -2.32. The molecule has 0 unspecified atom stereocenters. The van der Waals surface area contributed by atoms with Crippen molar-refractivity contribution >= 4 is 6.09 Å². The fraction of sp³-hybridized carbons (Fsp3) is 0.533. The maximum atomic E-state index is 12.1. The molecule has 0 aromatic heterocycles. The van der Waals surface area contributed by atoms with E-state index in [9.17, 15) is 4.79 Å². The number of carbonyl (C=O) groups excluding carboxylic acids is 1. The third-order valence-electron chi connectivity index (χ3n) is 4.19. The quantitative estimate of drug-likeness (QED) is 0.798. The zero-order valence-electron chi connectivity index (χ0n) is 10.7. The Morgan fingerprint density at radius 1 is 1.22 bits per heavy atom. The smallest absolute Gasteiger partial charge is 0.411 e. The molecule has 3 atom stereocenters. The molecule has 1 aliphatic carbocycles. The van der Waals surface area contributed by atoms with E-state index in [0.717, 1.165) is 12.8 Å². The Hall–Kier alpha value is -1.51. The number of carbonyl (C=O) groups is 1. The molecule has 3 heteroatoms. The van der Waals surface area contributed by atoms with Gasteiger partial charge in [-0.25, -0.2) is 4.79 Å². The number of hydrogen-bond acceptors (Lipinski definition) is 2. The second-order valence-corrected chi connectivity index (χ2v) is 5.27. The van der Waals surface area contributed by atoms with Gasteiger partial charge in [0.15, 0.2) is 0 Å². The lowest BCUT2D eigenvalue weighted by atomic mass is 9.91. The zero-order chi connectivity index (χ0) is 12.5. The van der Waals surface area contributed by atoms with Gasteiger partial charge in [0.05, 0.1) is 12.1 Å². The van der Waals surface area contributed by atoms with E-state index >= 15 is 0 Å². The fourth-order valence-electron chi connectivity index (χ4n) is 3.20. The molecule has 0 N–H and O–H groups in total. The standard InChI is InChI=1S/C15H19NO2/c1-11(12-7-3-2-4-8-12)16-13-9-5-6-10-14(13)18-15(16)17/h2-4,7-8,11,13-14H,5-6,9-10H2,1H3/t11-,13+,14+/m0/s1. The van der Waals surface area contributed by atoms with Crippen LogP contribution < -0.4 is 0 Å². The highest BCUT2D eigenvalue weighted by molar-refractivity contribution is 5.71. The number of fused-ring (bicyclic) bond motifs is 1. The van der Waals surface area contributed by atoms with Gasteiger partial charge in [-0.2, -0.15) is 0 Å². The highest BCUT2D eigenvalue weighted by atomic mass is 16.6. The van der Waals surface area contributed by atoms with Crippen LogP contribution in [-0.4, -0.2) is 23.1 Å². The summed E-state index contributed by atoms with van der Waals surface area (Å²) in [7, 11) is 0.